The molecule has 0 unspecified atom stereocenters. The Hall–Kier alpha value is -1.65. The molecule has 0 bridgehead atoms. The van der Waals surface area contributed by atoms with Crippen LogP contribution in [0.3, 0.4) is 0 Å². The second kappa shape index (κ2) is 7.93. The van der Waals surface area contributed by atoms with Crippen LogP contribution in [-0.2, 0) is 14.8 Å². The molecule has 0 fully saturated rings. The highest BCUT2D eigenvalue weighted by Crippen LogP contribution is 2.26. The van der Waals surface area contributed by atoms with Crippen molar-refractivity contribution in [3.05, 3.63) is 56.6 Å². The Morgan fingerprint density at radius 1 is 1.04 bits per heavy atom. The number of sulfonamides is 1. The van der Waals surface area contributed by atoms with Crippen LogP contribution in [0, 0.1) is 3.57 Å². The van der Waals surface area contributed by atoms with Gasteiger partial charge in [-0.05, 0) is 65.1 Å². The smallest absolute Gasteiger partial charge is 0.272 e. The third-order valence-electron chi connectivity index (χ3n) is 3.63. The van der Waals surface area contributed by atoms with E-state index in [0.717, 1.165) is 10.6 Å². The first-order valence-corrected chi connectivity index (χ1v) is 10.7. The fourth-order valence-electron chi connectivity index (χ4n) is 2.20. The summed E-state index contributed by atoms with van der Waals surface area (Å²) in [6.07, 6.45) is 0.960. The first-order valence-electron chi connectivity index (χ1n) is 7.36. The molecule has 138 valence electrons. The number of hydrogen-bond donors (Lipinski definition) is 0. The largest absolute Gasteiger partial charge is 0.316 e. The van der Waals surface area contributed by atoms with E-state index in [4.69, 9.17) is 11.6 Å². The van der Waals surface area contributed by atoms with E-state index >= 15 is 0 Å². The second-order valence-electron chi connectivity index (χ2n) is 5.56. The first-order chi connectivity index (χ1) is 12.0. The molecule has 2 amide bonds. The van der Waals surface area contributed by atoms with Crippen molar-refractivity contribution < 1.29 is 18.0 Å². The van der Waals surface area contributed by atoms with Gasteiger partial charge in [0.1, 0.15) is 0 Å². The van der Waals surface area contributed by atoms with Crippen LogP contribution in [0.25, 0.3) is 0 Å². The number of anilines is 2. The molecule has 2 rings (SSSR count). The lowest BCUT2D eigenvalue weighted by Gasteiger charge is -2.22. The summed E-state index contributed by atoms with van der Waals surface area (Å²) in [5.41, 5.74) is 0.973. The molecule has 0 aliphatic carbocycles. The lowest BCUT2D eigenvalue weighted by atomic mass is 10.2. The van der Waals surface area contributed by atoms with Crippen LogP contribution in [0.15, 0.2) is 42.5 Å². The van der Waals surface area contributed by atoms with Crippen molar-refractivity contribution in [3.8, 4) is 0 Å². The molecule has 0 spiro atoms. The van der Waals surface area contributed by atoms with Crippen LogP contribution in [0.5, 0.6) is 0 Å². The molecule has 0 aliphatic rings. The summed E-state index contributed by atoms with van der Waals surface area (Å²) in [4.78, 5) is 25.7. The summed E-state index contributed by atoms with van der Waals surface area (Å²) in [6, 6.07) is 10.7. The van der Waals surface area contributed by atoms with Gasteiger partial charge in [-0.2, -0.15) is 0 Å². The maximum Gasteiger partial charge on any atom is 0.272 e. The number of halogens is 2. The summed E-state index contributed by atoms with van der Waals surface area (Å²) in [5, 5.41) is 0.477. The number of amides is 2. The molecular weight excluding hydrogens is 491 g/mol. The van der Waals surface area contributed by atoms with E-state index in [-0.39, 0.29) is 17.2 Å². The van der Waals surface area contributed by atoms with E-state index in [2.05, 4.69) is 0 Å². The molecule has 0 radical (unpaired) electrons. The Labute approximate surface area is 170 Å². The maximum absolute atomic E-state index is 12.8. The van der Waals surface area contributed by atoms with E-state index in [1.165, 1.54) is 36.1 Å². The average molecular weight is 507 g/mol. The van der Waals surface area contributed by atoms with Gasteiger partial charge in [0.25, 0.3) is 5.91 Å². The third-order valence-corrected chi connectivity index (χ3v) is 6.21. The summed E-state index contributed by atoms with van der Waals surface area (Å²) in [5.74, 6) is -0.848. The number of carbonyl (C=O) groups is 2. The van der Waals surface area contributed by atoms with Crippen LogP contribution in [0.4, 0.5) is 11.4 Å². The van der Waals surface area contributed by atoms with E-state index in [0.29, 0.717) is 14.3 Å². The van der Waals surface area contributed by atoms with E-state index in [1.54, 1.807) is 25.2 Å². The summed E-state index contributed by atoms with van der Waals surface area (Å²) >= 11 is 7.93. The lowest BCUT2D eigenvalue weighted by molar-refractivity contribution is -0.116. The van der Waals surface area contributed by atoms with Gasteiger partial charge >= 0.3 is 0 Å². The number of rotatable bonds is 4. The molecule has 26 heavy (non-hydrogen) atoms. The number of carbonyl (C=O) groups excluding carboxylic acids is 2. The standard InChI is InChI=1S/C17H16ClIN2O4S/c1-11(22)20(2)13-5-7-14(8-6-13)21(26(3,24)25)17(23)12-4-9-15(18)16(19)10-12/h4-10H,1-3H3. The van der Waals surface area contributed by atoms with Gasteiger partial charge < -0.3 is 4.90 Å². The molecule has 0 aromatic heterocycles. The molecule has 0 atom stereocenters. The van der Waals surface area contributed by atoms with Gasteiger partial charge in [-0.25, -0.2) is 12.7 Å². The summed E-state index contributed by atoms with van der Waals surface area (Å²) in [6.45, 7) is 1.42. The zero-order chi connectivity index (χ0) is 19.6. The molecule has 0 saturated carbocycles. The summed E-state index contributed by atoms with van der Waals surface area (Å²) in [7, 11) is -2.27. The Morgan fingerprint density at radius 3 is 2.04 bits per heavy atom. The molecule has 0 heterocycles. The maximum atomic E-state index is 12.8. The first kappa shape index (κ1) is 20.7. The van der Waals surface area contributed by atoms with E-state index in [1.807, 2.05) is 22.6 Å². The average Bonchev–Trinajstić information content (AvgIpc) is 2.56. The van der Waals surface area contributed by atoms with Crippen molar-refractivity contribution in [3.63, 3.8) is 0 Å². The lowest BCUT2D eigenvalue weighted by Crippen LogP contribution is -2.36. The molecule has 0 aliphatic heterocycles. The predicted octanol–water partition coefficient (Wildman–Crippen LogP) is 3.53. The minimum Gasteiger partial charge on any atom is -0.316 e. The zero-order valence-corrected chi connectivity index (χ0v) is 18.0. The monoisotopic (exact) mass is 506 g/mol. The van der Waals surface area contributed by atoms with Crippen LogP contribution in [0.1, 0.15) is 17.3 Å². The van der Waals surface area contributed by atoms with Gasteiger partial charge in [-0.1, -0.05) is 11.6 Å². The molecular formula is C17H16ClIN2O4S. The Kier molecular flexibility index (Phi) is 6.30. The zero-order valence-electron chi connectivity index (χ0n) is 14.2. The van der Waals surface area contributed by atoms with Gasteiger partial charge in [0.05, 0.1) is 17.0 Å². The molecule has 2 aromatic rings. The van der Waals surface area contributed by atoms with Crippen LogP contribution < -0.4 is 9.21 Å². The molecule has 0 N–H and O–H groups in total. The Morgan fingerprint density at radius 2 is 1.58 bits per heavy atom. The van der Waals surface area contributed by atoms with Gasteiger partial charge in [0.2, 0.25) is 15.9 Å². The topological polar surface area (TPSA) is 74.8 Å². The van der Waals surface area contributed by atoms with Crippen molar-refractivity contribution >= 4 is 67.4 Å². The molecule has 2 aromatic carbocycles. The highest BCUT2D eigenvalue weighted by Gasteiger charge is 2.27. The van der Waals surface area contributed by atoms with E-state index < -0.39 is 15.9 Å². The predicted molar refractivity (Wildman–Crippen MR) is 111 cm³/mol. The van der Waals surface area contributed by atoms with Gasteiger partial charge in [-0.15, -0.1) is 0 Å². The minimum absolute atomic E-state index is 0.162. The van der Waals surface area contributed by atoms with Crippen LogP contribution in [-0.4, -0.2) is 33.5 Å². The van der Waals surface area contributed by atoms with Gasteiger partial charge in [0.15, 0.2) is 0 Å². The normalized spacial score (nSPS) is 11.1. The van der Waals surface area contributed by atoms with Crippen LogP contribution in [0.2, 0.25) is 5.02 Å². The molecule has 0 saturated heterocycles. The highest BCUT2D eigenvalue weighted by atomic mass is 127. The Bertz CT molecular complexity index is 961. The third kappa shape index (κ3) is 4.54. The number of benzene rings is 2. The quantitative estimate of drug-likeness (QED) is 0.595. The Balaban J connectivity index is 2.47. The van der Waals surface area contributed by atoms with E-state index in [9.17, 15) is 18.0 Å². The van der Waals surface area contributed by atoms with Crippen molar-refractivity contribution in [2.45, 2.75) is 6.92 Å². The minimum atomic E-state index is -3.87. The van der Waals surface area contributed by atoms with Crippen molar-refractivity contribution in [1.82, 2.24) is 0 Å². The van der Waals surface area contributed by atoms with Crippen molar-refractivity contribution in [2.75, 3.05) is 22.5 Å². The fourth-order valence-corrected chi connectivity index (χ4v) is 3.74. The summed E-state index contributed by atoms with van der Waals surface area (Å²) < 4.78 is 25.8. The number of hydrogen-bond acceptors (Lipinski definition) is 4. The van der Waals surface area contributed by atoms with Crippen LogP contribution >= 0.6 is 34.2 Å². The van der Waals surface area contributed by atoms with Crippen molar-refractivity contribution in [1.29, 1.82) is 0 Å². The SMILES string of the molecule is CC(=O)N(C)c1ccc(N(C(=O)c2ccc(Cl)c(I)c2)S(C)(=O)=O)cc1. The van der Waals surface area contributed by atoms with Gasteiger partial charge in [0, 0.05) is 28.8 Å². The molecule has 6 nitrogen and oxygen atoms in total. The van der Waals surface area contributed by atoms with Crippen molar-refractivity contribution in [2.24, 2.45) is 0 Å². The van der Waals surface area contributed by atoms with Gasteiger partial charge in [-0.3, -0.25) is 9.59 Å². The highest BCUT2D eigenvalue weighted by molar-refractivity contribution is 14.1. The molecule has 9 heteroatoms. The fraction of sp³-hybridized carbons (Fsp3) is 0.176. The second-order valence-corrected chi connectivity index (χ2v) is 8.96. The number of nitrogens with zero attached hydrogens (tertiary/aromatic N) is 2.